The number of hydrogen-bond acceptors (Lipinski definition) is 3. The second kappa shape index (κ2) is 5.82. The lowest BCUT2D eigenvalue weighted by Gasteiger charge is -2.17. The molecule has 0 aliphatic heterocycles. The lowest BCUT2D eigenvalue weighted by Crippen LogP contribution is -2.20. The minimum absolute atomic E-state index is 0.755. The van der Waals surface area contributed by atoms with Crippen molar-refractivity contribution < 1.29 is 0 Å². The normalized spacial score (nSPS) is 14.6. The molecule has 0 amide bonds. The third-order valence-corrected chi connectivity index (χ3v) is 3.04. The summed E-state index contributed by atoms with van der Waals surface area (Å²) in [6.45, 7) is 5.66. The van der Waals surface area contributed by atoms with Crippen LogP contribution in [0, 0.1) is 0 Å². The maximum absolute atomic E-state index is 4.40. The lowest BCUT2D eigenvalue weighted by atomic mass is 10.2. The minimum atomic E-state index is 0.755. The summed E-state index contributed by atoms with van der Waals surface area (Å²) in [5.74, 6) is 1.04. The fourth-order valence-electron chi connectivity index (χ4n) is 1.73. The first-order chi connectivity index (χ1) is 8.29. The summed E-state index contributed by atoms with van der Waals surface area (Å²) in [5, 5.41) is 3.52. The molecule has 0 bridgehead atoms. The van der Waals surface area contributed by atoms with Gasteiger partial charge in [0.25, 0.3) is 0 Å². The monoisotopic (exact) mass is 231 g/mol. The molecule has 0 spiro atoms. The van der Waals surface area contributed by atoms with Crippen LogP contribution < -0.4 is 10.2 Å². The van der Waals surface area contributed by atoms with Crippen molar-refractivity contribution in [1.29, 1.82) is 0 Å². The van der Waals surface area contributed by atoms with E-state index in [9.17, 15) is 0 Å². The Kier molecular flexibility index (Phi) is 4.15. The zero-order chi connectivity index (χ0) is 12.1. The molecule has 2 rings (SSSR count). The first kappa shape index (κ1) is 12.1. The molecule has 0 unspecified atom stereocenters. The van der Waals surface area contributed by atoms with Crippen molar-refractivity contribution in [3.63, 3.8) is 0 Å². The van der Waals surface area contributed by atoms with E-state index in [1.165, 1.54) is 18.4 Å². The van der Waals surface area contributed by atoms with Crippen LogP contribution in [0.3, 0.4) is 0 Å². The summed E-state index contributed by atoms with van der Waals surface area (Å²) < 4.78 is 0. The third-order valence-electron chi connectivity index (χ3n) is 3.04. The largest absolute Gasteiger partial charge is 0.359 e. The van der Waals surface area contributed by atoms with Crippen LogP contribution in [0.4, 0.5) is 5.82 Å². The number of aromatic nitrogens is 1. The fraction of sp³-hybridized carbons (Fsp3) is 0.500. The quantitative estimate of drug-likeness (QED) is 0.730. The Morgan fingerprint density at radius 1 is 1.59 bits per heavy atom. The van der Waals surface area contributed by atoms with Gasteiger partial charge < -0.3 is 10.2 Å². The Hall–Kier alpha value is -1.35. The van der Waals surface area contributed by atoms with Crippen LogP contribution >= 0.6 is 0 Å². The fourth-order valence-corrected chi connectivity index (χ4v) is 1.73. The number of anilines is 1. The highest BCUT2D eigenvalue weighted by Crippen LogP contribution is 2.19. The molecule has 3 heteroatoms. The Balaban J connectivity index is 1.91. The summed E-state index contributed by atoms with van der Waals surface area (Å²) in [7, 11) is 2.07. The van der Waals surface area contributed by atoms with E-state index in [1.54, 1.807) is 0 Å². The van der Waals surface area contributed by atoms with Gasteiger partial charge in [0.15, 0.2) is 0 Å². The number of pyridine rings is 1. The first-order valence-corrected chi connectivity index (χ1v) is 6.30. The summed E-state index contributed by atoms with van der Waals surface area (Å²) in [6, 6.07) is 5.00. The van der Waals surface area contributed by atoms with Crippen LogP contribution in [0.15, 0.2) is 31.0 Å². The maximum atomic E-state index is 4.40. The second-order valence-electron chi connectivity index (χ2n) is 4.68. The molecule has 17 heavy (non-hydrogen) atoms. The second-order valence-corrected chi connectivity index (χ2v) is 4.68. The van der Waals surface area contributed by atoms with E-state index in [-0.39, 0.29) is 0 Å². The summed E-state index contributed by atoms with van der Waals surface area (Å²) in [4.78, 5) is 6.57. The minimum Gasteiger partial charge on any atom is -0.359 e. The molecule has 1 heterocycles. The Bertz CT molecular complexity index is 371. The van der Waals surface area contributed by atoms with Crippen molar-refractivity contribution in [3.8, 4) is 0 Å². The summed E-state index contributed by atoms with van der Waals surface area (Å²) >= 11 is 0. The molecule has 0 saturated heterocycles. The topological polar surface area (TPSA) is 28.2 Å². The molecule has 1 aliphatic rings. The summed E-state index contributed by atoms with van der Waals surface area (Å²) in [5.41, 5.74) is 1.31. The highest BCUT2D eigenvalue weighted by atomic mass is 15.2. The number of hydrogen-bond donors (Lipinski definition) is 1. The standard InChI is InChI=1S/C14H21N3/c1-3-4-9-17(2)14-10-12(7-8-15-14)11-16-13-5-6-13/h3,7-8,10,13,16H,1,4-6,9,11H2,2H3. The van der Waals surface area contributed by atoms with E-state index in [0.29, 0.717) is 0 Å². The van der Waals surface area contributed by atoms with E-state index in [0.717, 1.165) is 31.4 Å². The van der Waals surface area contributed by atoms with E-state index < -0.39 is 0 Å². The van der Waals surface area contributed by atoms with Gasteiger partial charge in [-0.2, -0.15) is 0 Å². The van der Waals surface area contributed by atoms with Crippen molar-refractivity contribution >= 4 is 5.82 Å². The van der Waals surface area contributed by atoms with Crippen LogP contribution in [0.1, 0.15) is 24.8 Å². The van der Waals surface area contributed by atoms with E-state index in [4.69, 9.17) is 0 Å². The van der Waals surface area contributed by atoms with Gasteiger partial charge in [-0.15, -0.1) is 6.58 Å². The maximum Gasteiger partial charge on any atom is 0.128 e. The molecule has 1 aromatic heterocycles. The smallest absolute Gasteiger partial charge is 0.128 e. The molecule has 1 fully saturated rings. The molecule has 0 radical (unpaired) electrons. The molecular formula is C14H21N3. The number of nitrogens with zero attached hydrogens (tertiary/aromatic N) is 2. The highest BCUT2D eigenvalue weighted by Gasteiger charge is 2.19. The molecule has 1 aromatic rings. The van der Waals surface area contributed by atoms with Gasteiger partial charge >= 0.3 is 0 Å². The van der Waals surface area contributed by atoms with Gasteiger partial charge in [-0.3, -0.25) is 0 Å². The Labute approximate surface area is 104 Å². The molecule has 1 N–H and O–H groups in total. The number of rotatable bonds is 7. The van der Waals surface area contributed by atoms with Crippen molar-refractivity contribution in [2.45, 2.75) is 31.8 Å². The zero-order valence-corrected chi connectivity index (χ0v) is 10.5. The molecule has 0 atom stereocenters. The van der Waals surface area contributed by atoms with Crippen molar-refractivity contribution in [2.24, 2.45) is 0 Å². The SMILES string of the molecule is C=CCCN(C)c1cc(CNC2CC2)ccn1. The highest BCUT2D eigenvalue weighted by molar-refractivity contribution is 5.40. The number of nitrogens with one attached hydrogen (secondary N) is 1. The summed E-state index contributed by atoms with van der Waals surface area (Å²) in [6.07, 6.45) is 7.48. The van der Waals surface area contributed by atoms with Gasteiger partial charge in [-0.1, -0.05) is 6.08 Å². The van der Waals surface area contributed by atoms with Crippen molar-refractivity contribution in [2.75, 3.05) is 18.5 Å². The van der Waals surface area contributed by atoms with Crippen LogP contribution in [0.5, 0.6) is 0 Å². The van der Waals surface area contributed by atoms with E-state index >= 15 is 0 Å². The van der Waals surface area contributed by atoms with E-state index in [2.05, 4.69) is 41.0 Å². The molecule has 1 aliphatic carbocycles. The molecular weight excluding hydrogens is 210 g/mol. The average Bonchev–Trinajstić information content (AvgIpc) is 3.18. The lowest BCUT2D eigenvalue weighted by molar-refractivity contribution is 0.686. The molecule has 1 saturated carbocycles. The Morgan fingerprint density at radius 3 is 3.12 bits per heavy atom. The van der Waals surface area contributed by atoms with Crippen LogP contribution in [0.2, 0.25) is 0 Å². The van der Waals surface area contributed by atoms with E-state index in [1.807, 2.05) is 12.3 Å². The van der Waals surface area contributed by atoms with Gasteiger partial charge in [-0.05, 0) is 37.0 Å². The van der Waals surface area contributed by atoms with Crippen LogP contribution in [-0.2, 0) is 6.54 Å². The predicted molar refractivity (Wildman–Crippen MR) is 72.2 cm³/mol. The van der Waals surface area contributed by atoms with Crippen molar-refractivity contribution in [1.82, 2.24) is 10.3 Å². The predicted octanol–water partition coefficient (Wildman–Crippen LogP) is 2.35. The first-order valence-electron chi connectivity index (χ1n) is 6.30. The zero-order valence-electron chi connectivity index (χ0n) is 10.5. The molecule has 92 valence electrons. The van der Waals surface area contributed by atoms with Crippen LogP contribution in [-0.4, -0.2) is 24.6 Å². The van der Waals surface area contributed by atoms with Crippen LogP contribution in [0.25, 0.3) is 0 Å². The van der Waals surface area contributed by atoms with Crippen molar-refractivity contribution in [3.05, 3.63) is 36.5 Å². The average molecular weight is 231 g/mol. The Morgan fingerprint density at radius 2 is 2.41 bits per heavy atom. The van der Waals surface area contributed by atoms with Gasteiger partial charge in [0.2, 0.25) is 0 Å². The van der Waals surface area contributed by atoms with Gasteiger partial charge in [0.1, 0.15) is 5.82 Å². The third kappa shape index (κ3) is 3.86. The van der Waals surface area contributed by atoms with Gasteiger partial charge in [-0.25, -0.2) is 4.98 Å². The molecule has 3 nitrogen and oxygen atoms in total. The molecule has 0 aromatic carbocycles. The van der Waals surface area contributed by atoms with Gasteiger partial charge in [0.05, 0.1) is 0 Å². The van der Waals surface area contributed by atoms with Gasteiger partial charge in [0, 0.05) is 32.4 Å².